The molecule has 2 aromatic carbocycles. The summed E-state index contributed by atoms with van der Waals surface area (Å²) >= 11 is 1.56. The molecule has 0 saturated carbocycles. The maximum absolute atomic E-state index is 11.6. The number of hydrogen-bond acceptors (Lipinski definition) is 6. The zero-order valence-corrected chi connectivity index (χ0v) is 16.4. The molecule has 0 saturated heterocycles. The number of nitrogens with zero attached hydrogens (tertiary/aromatic N) is 1. The van der Waals surface area contributed by atoms with Crippen LogP contribution in [0, 0.1) is 11.3 Å². The zero-order valence-electron chi connectivity index (χ0n) is 15.6. The highest BCUT2D eigenvalue weighted by molar-refractivity contribution is 7.98. The van der Waals surface area contributed by atoms with Crippen LogP contribution in [-0.4, -0.2) is 18.5 Å². The fraction of sp³-hybridized carbons (Fsp3) is 0.190. The van der Waals surface area contributed by atoms with Gasteiger partial charge < -0.3 is 15.2 Å². The van der Waals surface area contributed by atoms with E-state index < -0.39 is 11.9 Å². The van der Waals surface area contributed by atoms with Crippen molar-refractivity contribution in [3.05, 3.63) is 59.2 Å². The van der Waals surface area contributed by atoms with Crippen LogP contribution in [0.2, 0.25) is 0 Å². The zero-order chi connectivity index (χ0) is 20.5. The molecule has 0 aromatic heterocycles. The Kier molecular flexibility index (Phi) is 7.66. The van der Waals surface area contributed by atoms with Crippen LogP contribution in [0.4, 0.5) is 0 Å². The third-order valence-electron chi connectivity index (χ3n) is 3.53. The largest absolute Gasteiger partial charge is 0.490 e. The van der Waals surface area contributed by atoms with Gasteiger partial charge in [0.1, 0.15) is 11.6 Å². The quantitative estimate of drug-likeness (QED) is 0.240. The lowest BCUT2D eigenvalue weighted by molar-refractivity contribution is -0.132. The summed E-state index contributed by atoms with van der Waals surface area (Å²) in [6.07, 6.45) is 1.39. The van der Waals surface area contributed by atoms with Gasteiger partial charge in [0.2, 0.25) is 0 Å². The van der Waals surface area contributed by atoms with Crippen LogP contribution >= 0.6 is 11.8 Å². The summed E-state index contributed by atoms with van der Waals surface area (Å²) in [7, 11) is 0. The first-order chi connectivity index (χ1) is 13.4. The van der Waals surface area contributed by atoms with E-state index in [1.807, 2.05) is 37.3 Å². The van der Waals surface area contributed by atoms with Gasteiger partial charge in [0.15, 0.2) is 11.5 Å². The lowest BCUT2D eigenvalue weighted by Gasteiger charge is -2.15. The van der Waals surface area contributed by atoms with Crippen molar-refractivity contribution in [1.29, 1.82) is 5.26 Å². The Morgan fingerprint density at radius 2 is 1.96 bits per heavy atom. The molecule has 1 amide bonds. The molecule has 0 aliphatic heterocycles. The third-order valence-corrected chi connectivity index (χ3v) is 4.60. The van der Waals surface area contributed by atoms with Crippen LogP contribution in [0.15, 0.2) is 52.9 Å². The van der Waals surface area contributed by atoms with Gasteiger partial charge in [-0.1, -0.05) is 18.2 Å². The average molecular weight is 396 g/mol. The van der Waals surface area contributed by atoms with Crippen molar-refractivity contribution in [3.63, 3.8) is 0 Å². The summed E-state index contributed by atoms with van der Waals surface area (Å²) in [6.45, 7) is 3.48. The predicted molar refractivity (Wildman–Crippen MR) is 108 cm³/mol. The SMILES string of the molecule is CCOc1cc(/C=C(\C#N)C(N)=O)cc(CSc2ccccc2)c1OC(C)=O. The van der Waals surface area contributed by atoms with E-state index >= 15 is 0 Å². The molecule has 0 bridgehead atoms. The normalized spacial score (nSPS) is 10.8. The van der Waals surface area contributed by atoms with Crippen LogP contribution in [0.3, 0.4) is 0 Å². The molecule has 0 heterocycles. The number of ether oxygens (including phenoxy) is 2. The van der Waals surface area contributed by atoms with Gasteiger partial charge >= 0.3 is 5.97 Å². The lowest BCUT2D eigenvalue weighted by atomic mass is 10.1. The number of carbonyl (C=O) groups is 2. The van der Waals surface area contributed by atoms with Crippen molar-refractivity contribution >= 4 is 29.7 Å². The summed E-state index contributed by atoms with van der Waals surface area (Å²) in [5.41, 5.74) is 6.30. The van der Waals surface area contributed by atoms with E-state index in [0.29, 0.717) is 35.0 Å². The van der Waals surface area contributed by atoms with E-state index in [0.717, 1.165) is 4.90 Å². The van der Waals surface area contributed by atoms with Crippen LogP contribution in [0.1, 0.15) is 25.0 Å². The number of thioether (sulfide) groups is 1. The molecule has 0 aliphatic carbocycles. The molecule has 0 atom stereocenters. The molecule has 2 N–H and O–H groups in total. The fourth-order valence-electron chi connectivity index (χ4n) is 2.40. The van der Waals surface area contributed by atoms with Crippen molar-refractivity contribution < 1.29 is 19.1 Å². The van der Waals surface area contributed by atoms with Gasteiger partial charge in [0, 0.05) is 23.1 Å². The van der Waals surface area contributed by atoms with Crippen LogP contribution in [0.25, 0.3) is 6.08 Å². The predicted octanol–water partition coefficient (Wildman–Crippen LogP) is 3.70. The van der Waals surface area contributed by atoms with Crippen molar-refractivity contribution in [2.75, 3.05) is 6.61 Å². The molecule has 2 rings (SSSR count). The molecule has 7 heteroatoms. The summed E-state index contributed by atoms with van der Waals surface area (Å²) < 4.78 is 11.0. The summed E-state index contributed by atoms with van der Waals surface area (Å²) in [5.74, 6) is -0.105. The highest BCUT2D eigenvalue weighted by atomic mass is 32.2. The number of rotatable bonds is 8. The first-order valence-electron chi connectivity index (χ1n) is 8.52. The smallest absolute Gasteiger partial charge is 0.308 e. The standard InChI is InChI=1S/C21H20N2O4S/c1-3-26-19-11-15(9-16(12-22)21(23)25)10-17(20(19)27-14(2)24)13-28-18-7-5-4-6-8-18/h4-11H,3,13H2,1-2H3,(H2,23,25)/b16-9+. The van der Waals surface area contributed by atoms with E-state index in [4.69, 9.17) is 20.5 Å². The number of nitriles is 1. The van der Waals surface area contributed by atoms with Gasteiger partial charge in [-0.3, -0.25) is 9.59 Å². The average Bonchev–Trinajstić information content (AvgIpc) is 2.67. The minimum absolute atomic E-state index is 0.177. The minimum Gasteiger partial charge on any atom is -0.490 e. The van der Waals surface area contributed by atoms with Gasteiger partial charge in [-0.25, -0.2) is 0 Å². The molecule has 0 radical (unpaired) electrons. The van der Waals surface area contributed by atoms with Gasteiger partial charge in [0.05, 0.1) is 6.61 Å². The molecule has 28 heavy (non-hydrogen) atoms. The first kappa shape index (κ1) is 21.1. The Bertz CT molecular complexity index is 933. The maximum atomic E-state index is 11.6. The van der Waals surface area contributed by atoms with Crippen molar-refractivity contribution in [1.82, 2.24) is 0 Å². The molecular formula is C21H20N2O4S. The molecule has 0 unspecified atom stereocenters. The fourth-order valence-corrected chi connectivity index (χ4v) is 3.29. The minimum atomic E-state index is -0.815. The first-order valence-corrected chi connectivity index (χ1v) is 9.50. The summed E-state index contributed by atoms with van der Waals surface area (Å²) in [5, 5.41) is 9.10. The van der Waals surface area contributed by atoms with Crippen molar-refractivity contribution in [2.24, 2.45) is 5.73 Å². The van der Waals surface area contributed by atoms with E-state index in [1.165, 1.54) is 13.0 Å². The number of carbonyl (C=O) groups excluding carboxylic acids is 2. The number of nitrogens with two attached hydrogens (primary N) is 1. The Balaban J connectivity index is 2.51. The second-order valence-electron chi connectivity index (χ2n) is 5.67. The van der Waals surface area contributed by atoms with Gasteiger partial charge in [-0.2, -0.15) is 5.26 Å². The Morgan fingerprint density at radius 1 is 1.25 bits per heavy atom. The van der Waals surface area contributed by atoms with E-state index in [1.54, 1.807) is 30.0 Å². The van der Waals surface area contributed by atoms with Crippen LogP contribution < -0.4 is 15.2 Å². The third kappa shape index (κ3) is 5.89. The van der Waals surface area contributed by atoms with Crippen LogP contribution in [-0.2, 0) is 15.3 Å². The topological polar surface area (TPSA) is 102 Å². The van der Waals surface area contributed by atoms with E-state index in [9.17, 15) is 9.59 Å². The van der Waals surface area contributed by atoms with Gasteiger partial charge in [-0.05, 0) is 42.8 Å². The van der Waals surface area contributed by atoms with E-state index in [2.05, 4.69) is 0 Å². The molecular weight excluding hydrogens is 376 g/mol. The molecule has 144 valence electrons. The highest BCUT2D eigenvalue weighted by Gasteiger charge is 2.16. The second-order valence-corrected chi connectivity index (χ2v) is 6.72. The molecule has 0 fully saturated rings. The molecule has 0 spiro atoms. The number of amides is 1. The lowest BCUT2D eigenvalue weighted by Crippen LogP contribution is -2.12. The van der Waals surface area contributed by atoms with Crippen molar-refractivity contribution in [2.45, 2.75) is 24.5 Å². The Hall–Kier alpha value is -3.24. The van der Waals surface area contributed by atoms with E-state index in [-0.39, 0.29) is 5.57 Å². The maximum Gasteiger partial charge on any atom is 0.308 e. The summed E-state index contributed by atoms with van der Waals surface area (Å²) in [6, 6.07) is 14.9. The number of primary amides is 1. The molecule has 6 nitrogen and oxygen atoms in total. The number of esters is 1. The monoisotopic (exact) mass is 396 g/mol. The Morgan fingerprint density at radius 3 is 2.54 bits per heavy atom. The molecule has 2 aromatic rings. The second kappa shape index (κ2) is 10.2. The van der Waals surface area contributed by atoms with Gasteiger partial charge in [0.25, 0.3) is 5.91 Å². The molecule has 0 aliphatic rings. The highest BCUT2D eigenvalue weighted by Crippen LogP contribution is 2.37. The summed E-state index contributed by atoms with van der Waals surface area (Å²) in [4.78, 5) is 24.0. The number of hydrogen-bond donors (Lipinski definition) is 1. The van der Waals surface area contributed by atoms with Crippen molar-refractivity contribution in [3.8, 4) is 17.6 Å². The Labute approximate surface area is 167 Å². The van der Waals surface area contributed by atoms with Gasteiger partial charge in [-0.15, -0.1) is 11.8 Å². The number of benzene rings is 2. The van der Waals surface area contributed by atoms with Crippen LogP contribution in [0.5, 0.6) is 11.5 Å².